The molecule has 0 unspecified atom stereocenters. The van der Waals surface area contributed by atoms with Crippen LogP contribution in [0.3, 0.4) is 0 Å². The van der Waals surface area contributed by atoms with E-state index in [1.807, 2.05) is 6.07 Å². The first-order valence-electron chi connectivity index (χ1n) is 7.05. The van der Waals surface area contributed by atoms with E-state index in [1.165, 1.54) is 10.9 Å². The highest BCUT2D eigenvalue weighted by Crippen LogP contribution is 2.22. The van der Waals surface area contributed by atoms with Gasteiger partial charge in [0, 0.05) is 44.7 Å². The molecule has 0 atom stereocenters. The number of para-hydroxylation sites is 1. The summed E-state index contributed by atoms with van der Waals surface area (Å²) in [7, 11) is 3.80. The van der Waals surface area contributed by atoms with E-state index < -0.39 is 0 Å². The van der Waals surface area contributed by atoms with Crippen molar-refractivity contribution in [2.45, 2.75) is 13.5 Å². The number of ether oxygens (including phenoxy) is 1. The van der Waals surface area contributed by atoms with Gasteiger partial charge in [-0.2, -0.15) is 0 Å². The first-order chi connectivity index (χ1) is 9.76. The summed E-state index contributed by atoms with van der Waals surface area (Å²) in [6.45, 7) is 5.45. The van der Waals surface area contributed by atoms with Gasteiger partial charge in [0.1, 0.15) is 5.82 Å². The minimum atomic E-state index is 0.722. The van der Waals surface area contributed by atoms with E-state index in [9.17, 15) is 0 Å². The van der Waals surface area contributed by atoms with Crippen LogP contribution in [-0.4, -0.2) is 38.8 Å². The lowest BCUT2D eigenvalue weighted by atomic mass is 10.1. The first-order valence-corrected chi connectivity index (χ1v) is 7.05. The van der Waals surface area contributed by atoms with E-state index in [0.29, 0.717) is 0 Å². The van der Waals surface area contributed by atoms with Crippen LogP contribution in [0.2, 0.25) is 0 Å². The summed E-state index contributed by atoms with van der Waals surface area (Å²) in [5.41, 5.74) is 2.27. The van der Waals surface area contributed by atoms with Gasteiger partial charge in [0.05, 0.1) is 12.1 Å². The number of hydrogen-bond donors (Lipinski definition) is 1. The van der Waals surface area contributed by atoms with E-state index in [0.717, 1.165) is 37.6 Å². The normalized spacial score (nSPS) is 10.9. The molecule has 108 valence electrons. The second-order valence-electron chi connectivity index (χ2n) is 4.85. The number of pyridine rings is 1. The molecule has 2 aromatic rings. The number of hydrogen-bond acceptors (Lipinski definition) is 4. The van der Waals surface area contributed by atoms with Gasteiger partial charge in [-0.05, 0) is 19.1 Å². The quantitative estimate of drug-likeness (QED) is 0.786. The molecule has 1 N–H and O–H groups in total. The van der Waals surface area contributed by atoms with Gasteiger partial charge in [-0.3, -0.25) is 0 Å². The van der Waals surface area contributed by atoms with Gasteiger partial charge in [-0.15, -0.1) is 0 Å². The summed E-state index contributed by atoms with van der Waals surface area (Å²) in [5, 5.41) is 4.58. The standard InChI is InChI=1S/C16H23N3O/c1-4-19(2)16-14(12-17-9-10-20-3)11-13-7-5-6-8-15(13)18-16/h5-8,11,17H,4,9-10,12H2,1-3H3. The minimum absolute atomic E-state index is 0.722. The van der Waals surface area contributed by atoms with Crippen molar-refractivity contribution in [3.63, 3.8) is 0 Å². The zero-order valence-corrected chi connectivity index (χ0v) is 12.5. The smallest absolute Gasteiger partial charge is 0.133 e. The van der Waals surface area contributed by atoms with Crippen molar-refractivity contribution < 1.29 is 4.74 Å². The van der Waals surface area contributed by atoms with Crippen molar-refractivity contribution in [1.82, 2.24) is 10.3 Å². The molecule has 2 rings (SSSR count). The van der Waals surface area contributed by atoms with Gasteiger partial charge in [0.15, 0.2) is 0 Å². The minimum Gasteiger partial charge on any atom is -0.383 e. The van der Waals surface area contributed by atoms with Crippen LogP contribution in [0.1, 0.15) is 12.5 Å². The van der Waals surface area contributed by atoms with Gasteiger partial charge in [-0.1, -0.05) is 18.2 Å². The van der Waals surface area contributed by atoms with E-state index >= 15 is 0 Å². The largest absolute Gasteiger partial charge is 0.383 e. The maximum Gasteiger partial charge on any atom is 0.133 e. The number of anilines is 1. The molecule has 0 fully saturated rings. The van der Waals surface area contributed by atoms with Gasteiger partial charge in [-0.25, -0.2) is 4.98 Å². The third kappa shape index (κ3) is 3.46. The van der Waals surface area contributed by atoms with E-state index in [2.05, 4.69) is 48.5 Å². The van der Waals surface area contributed by atoms with Crippen molar-refractivity contribution in [1.29, 1.82) is 0 Å². The van der Waals surface area contributed by atoms with Gasteiger partial charge >= 0.3 is 0 Å². The molecule has 0 amide bonds. The lowest BCUT2D eigenvalue weighted by Gasteiger charge is -2.20. The Bertz CT molecular complexity index is 556. The number of nitrogens with one attached hydrogen (secondary N) is 1. The van der Waals surface area contributed by atoms with Crippen LogP contribution >= 0.6 is 0 Å². The molecule has 0 saturated carbocycles. The Labute approximate surface area is 120 Å². The lowest BCUT2D eigenvalue weighted by Crippen LogP contribution is -2.23. The Kier molecular flexibility index (Phi) is 5.32. The van der Waals surface area contributed by atoms with Crippen LogP contribution in [0.4, 0.5) is 5.82 Å². The number of methoxy groups -OCH3 is 1. The molecule has 4 nitrogen and oxygen atoms in total. The predicted octanol–water partition coefficient (Wildman–Crippen LogP) is 2.43. The number of rotatable bonds is 7. The maximum atomic E-state index is 5.06. The van der Waals surface area contributed by atoms with E-state index in [4.69, 9.17) is 9.72 Å². The molecule has 1 aromatic carbocycles. The van der Waals surface area contributed by atoms with Crippen molar-refractivity contribution in [3.05, 3.63) is 35.9 Å². The molecule has 0 spiro atoms. The summed E-state index contributed by atoms with van der Waals surface area (Å²) in [5.74, 6) is 1.05. The number of nitrogens with zero attached hydrogens (tertiary/aromatic N) is 2. The highest BCUT2D eigenvalue weighted by Gasteiger charge is 2.09. The van der Waals surface area contributed by atoms with Crippen LogP contribution in [0.15, 0.2) is 30.3 Å². The summed E-state index contributed by atoms with van der Waals surface area (Å²) in [6.07, 6.45) is 0. The van der Waals surface area contributed by atoms with Gasteiger partial charge in [0.25, 0.3) is 0 Å². The number of fused-ring (bicyclic) bond motifs is 1. The van der Waals surface area contributed by atoms with Crippen LogP contribution in [-0.2, 0) is 11.3 Å². The van der Waals surface area contributed by atoms with Crippen molar-refractivity contribution >= 4 is 16.7 Å². The summed E-state index contributed by atoms with van der Waals surface area (Å²) < 4.78 is 5.06. The molecule has 1 heterocycles. The molecule has 0 aliphatic heterocycles. The topological polar surface area (TPSA) is 37.4 Å². The van der Waals surface area contributed by atoms with E-state index in [1.54, 1.807) is 7.11 Å². The molecule has 0 bridgehead atoms. The van der Waals surface area contributed by atoms with Gasteiger partial charge < -0.3 is 15.0 Å². The van der Waals surface area contributed by atoms with E-state index in [-0.39, 0.29) is 0 Å². The second kappa shape index (κ2) is 7.22. The molecular formula is C16H23N3O. The lowest BCUT2D eigenvalue weighted by molar-refractivity contribution is 0.199. The fourth-order valence-electron chi connectivity index (χ4n) is 2.16. The molecule has 0 aliphatic carbocycles. The highest BCUT2D eigenvalue weighted by atomic mass is 16.5. The van der Waals surface area contributed by atoms with Crippen molar-refractivity contribution in [2.24, 2.45) is 0 Å². The van der Waals surface area contributed by atoms with Crippen molar-refractivity contribution in [3.8, 4) is 0 Å². The summed E-state index contributed by atoms with van der Waals surface area (Å²) in [6, 6.07) is 10.5. The fourth-order valence-corrected chi connectivity index (χ4v) is 2.16. The average molecular weight is 273 g/mol. The summed E-state index contributed by atoms with van der Waals surface area (Å²) in [4.78, 5) is 6.98. The fraction of sp³-hybridized carbons (Fsp3) is 0.438. The molecule has 1 aromatic heterocycles. The average Bonchev–Trinajstić information content (AvgIpc) is 2.50. The summed E-state index contributed by atoms with van der Waals surface area (Å²) >= 11 is 0. The van der Waals surface area contributed by atoms with Gasteiger partial charge in [0.2, 0.25) is 0 Å². The molecule has 0 radical (unpaired) electrons. The Morgan fingerprint density at radius 1 is 1.30 bits per heavy atom. The zero-order valence-electron chi connectivity index (χ0n) is 12.5. The van der Waals surface area contributed by atoms with Crippen molar-refractivity contribution in [2.75, 3.05) is 38.8 Å². The third-order valence-electron chi connectivity index (χ3n) is 3.41. The predicted molar refractivity (Wildman–Crippen MR) is 84.3 cm³/mol. The Hall–Kier alpha value is -1.65. The molecule has 0 saturated heterocycles. The number of benzene rings is 1. The molecule has 20 heavy (non-hydrogen) atoms. The molecule has 0 aliphatic rings. The Morgan fingerprint density at radius 3 is 2.85 bits per heavy atom. The zero-order chi connectivity index (χ0) is 14.4. The second-order valence-corrected chi connectivity index (χ2v) is 4.85. The first kappa shape index (κ1) is 14.8. The van der Waals surface area contributed by atoms with Crippen LogP contribution in [0, 0.1) is 0 Å². The maximum absolute atomic E-state index is 5.06. The van der Waals surface area contributed by atoms with Crippen LogP contribution in [0.5, 0.6) is 0 Å². The van der Waals surface area contributed by atoms with Crippen LogP contribution < -0.4 is 10.2 Å². The third-order valence-corrected chi connectivity index (χ3v) is 3.41. The van der Waals surface area contributed by atoms with Crippen LogP contribution in [0.25, 0.3) is 10.9 Å². The Morgan fingerprint density at radius 2 is 2.10 bits per heavy atom. The monoisotopic (exact) mass is 273 g/mol. The Balaban J connectivity index is 2.28. The molecular weight excluding hydrogens is 250 g/mol. The molecule has 4 heteroatoms. The highest BCUT2D eigenvalue weighted by molar-refractivity contribution is 5.81. The number of aromatic nitrogens is 1. The SMILES string of the molecule is CCN(C)c1nc2ccccc2cc1CNCCOC.